The number of nitrogens with two attached hydrogens (primary N) is 1. The summed E-state index contributed by atoms with van der Waals surface area (Å²) in [5, 5.41) is 0. The summed E-state index contributed by atoms with van der Waals surface area (Å²) >= 11 is 0. The van der Waals surface area contributed by atoms with E-state index in [1.165, 1.54) is 19.3 Å². The molecule has 1 heterocycles. The van der Waals surface area contributed by atoms with E-state index in [4.69, 9.17) is 5.73 Å². The van der Waals surface area contributed by atoms with Crippen LogP contribution in [0.2, 0.25) is 0 Å². The Balaban J connectivity index is 1.73. The SMILES string of the molecule is NC1(c2ccc(CN3CCCCC3)c(F)c2)CCCC1. The molecule has 1 aromatic rings. The van der Waals surface area contributed by atoms with Gasteiger partial charge in [0, 0.05) is 17.6 Å². The van der Waals surface area contributed by atoms with E-state index in [1.807, 2.05) is 12.1 Å². The standard InChI is InChI=1S/C17H25FN2/c18-16-12-15(17(19)8-2-3-9-17)7-6-14(16)13-20-10-4-1-5-11-20/h6-7,12H,1-5,8-11,13,19H2. The first-order chi connectivity index (χ1) is 9.67. The molecule has 2 fully saturated rings. The molecule has 2 aliphatic rings. The first kappa shape index (κ1) is 14.0. The lowest BCUT2D eigenvalue weighted by Gasteiger charge is -2.28. The molecule has 0 spiro atoms. The van der Waals surface area contributed by atoms with Gasteiger partial charge in [-0.25, -0.2) is 4.39 Å². The molecule has 110 valence electrons. The third-order valence-corrected chi connectivity index (χ3v) is 4.97. The van der Waals surface area contributed by atoms with Gasteiger partial charge in [-0.15, -0.1) is 0 Å². The van der Waals surface area contributed by atoms with Crippen LogP contribution >= 0.6 is 0 Å². The maximum atomic E-state index is 14.3. The minimum atomic E-state index is -0.287. The molecule has 0 unspecified atom stereocenters. The van der Waals surface area contributed by atoms with Crippen molar-refractivity contribution in [3.63, 3.8) is 0 Å². The molecular formula is C17H25FN2. The molecule has 0 aromatic heterocycles. The van der Waals surface area contributed by atoms with Crippen molar-refractivity contribution in [3.8, 4) is 0 Å². The summed E-state index contributed by atoms with van der Waals surface area (Å²) in [4.78, 5) is 2.36. The number of nitrogens with zero attached hydrogens (tertiary/aromatic N) is 1. The van der Waals surface area contributed by atoms with Crippen LogP contribution in [0.15, 0.2) is 18.2 Å². The minimum absolute atomic E-state index is 0.0789. The quantitative estimate of drug-likeness (QED) is 0.915. The van der Waals surface area contributed by atoms with Crippen LogP contribution in [0, 0.1) is 5.82 Å². The van der Waals surface area contributed by atoms with Crippen molar-refractivity contribution in [2.45, 2.75) is 57.0 Å². The van der Waals surface area contributed by atoms with Crippen molar-refractivity contribution in [1.82, 2.24) is 4.90 Å². The van der Waals surface area contributed by atoms with E-state index in [1.54, 1.807) is 6.07 Å². The zero-order valence-electron chi connectivity index (χ0n) is 12.2. The van der Waals surface area contributed by atoms with Crippen molar-refractivity contribution in [2.24, 2.45) is 5.73 Å². The number of rotatable bonds is 3. The van der Waals surface area contributed by atoms with Crippen LogP contribution in [-0.2, 0) is 12.1 Å². The largest absolute Gasteiger partial charge is 0.321 e. The van der Waals surface area contributed by atoms with Gasteiger partial charge in [0.05, 0.1) is 0 Å². The highest BCUT2D eigenvalue weighted by molar-refractivity contribution is 5.30. The Bertz CT molecular complexity index is 460. The molecule has 3 rings (SSSR count). The van der Waals surface area contributed by atoms with Gasteiger partial charge < -0.3 is 5.73 Å². The molecule has 1 aliphatic heterocycles. The Morgan fingerprint density at radius 3 is 2.40 bits per heavy atom. The van der Waals surface area contributed by atoms with E-state index in [0.717, 1.165) is 56.4 Å². The van der Waals surface area contributed by atoms with Crippen LogP contribution < -0.4 is 5.73 Å². The van der Waals surface area contributed by atoms with Crippen molar-refractivity contribution < 1.29 is 4.39 Å². The normalized spacial score (nSPS) is 23.1. The zero-order chi connectivity index (χ0) is 14.0. The first-order valence-corrected chi connectivity index (χ1v) is 7.98. The van der Waals surface area contributed by atoms with Gasteiger partial charge in [0.15, 0.2) is 0 Å². The smallest absolute Gasteiger partial charge is 0.128 e. The average Bonchev–Trinajstić information content (AvgIpc) is 2.90. The topological polar surface area (TPSA) is 29.3 Å². The number of piperidine rings is 1. The number of halogens is 1. The fourth-order valence-corrected chi connectivity index (χ4v) is 3.64. The third-order valence-electron chi connectivity index (χ3n) is 4.97. The van der Waals surface area contributed by atoms with Crippen molar-refractivity contribution in [1.29, 1.82) is 0 Å². The number of hydrogen-bond acceptors (Lipinski definition) is 2. The predicted molar refractivity (Wildman–Crippen MR) is 79.9 cm³/mol. The summed E-state index contributed by atoms with van der Waals surface area (Å²) in [5.74, 6) is -0.0789. The van der Waals surface area contributed by atoms with Crippen LogP contribution in [0.1, 0.15) is 56.1 Å². The molecule has 0 bridgehead atoms. The second-order valence-electron chi connectivity index (χ2n) is 6.51. The van der Waals surface area contributed by atoms with Gasteiger partial charge in [-0.3, -0.25) is 4.90 Å². The van der Waals surface area contributed by atoms with Crippen LogP contribution in [0.5, 0.6) is 0 Å². The Hall–Kier alpha value is -0.930. The second-order valence-corrected chi connectivity index (χ2v) is 6.51. The van der Waals surface area contributed by atoms with Crippen LogP contribution in [0.25, 0.3) is 0 Å². The van der Waals surface area contributed by atoms with Crippen molar-refractivity contribution in [2.75, 3.05) is 13.1 Å². The van der Waals surface area contributed by atoms with Gasteiger partial charge in [-0.2, -0.15) is 0 Å². The minimum Gasteiger partial charge on any atom is -0.321 e. The fraction of sp³-hybridized carbons (Fsp3) is 0.647. The van der Waals surface area contributed by atoms with Gasteiger partial charge in [-0.05, 0) is 50.4 Å². The summed E-state index contributed by atoms with van der Waals surface area (Å²) in [7, 11) is 0. The zero-order valence-corrected chi connectivity index (χ0v) is 12.2. The Morgan fingerprint density at radius 2 is 1.75 bits per heavy atom. The second kappa shape index (κ2) is 5.82. The lowest BCUT2D eigenvalue weighted by atomic mass is 9.88. The van der Waals surface area contributed by atoms with Crippen LogP contribution in [-0.4, -0.2) is 18.0 Å². The fourth-order valence-electron chi connectivity index (χ4n) is 3.64. The van der Waals surface area contributed by atoms with Gasteiger partial charge in [0.2, 0.25) is 0 Å². The Labute approximate surface area is 121 Å². The lowest BCUT2D eigenvalue weighted by molar-refractivity contribution is 0.218. The van der Waals surface area contributed by atoms with Gasteiger partial charge in [0.25, 0.3) is 0 Å². The average molecular weight is 276 g/mol. The molecule has 2 nitrogen and oxygen atoms in total. The van der Waals surface area contributed by atoms with E-state index in [9.17, 15) is 4.39 Å². The monoisotopic (exact) mass is 276 g/mol. The summed E-state index contributed by atoms with van der Waals surface area (Å²) in [6, 6.07) is 5.69. The molecule has 2 N–H and O–H groups in total. The molecule has 1 aliphatic carbocycles. The van der Waals surface area contributed by atoms with Gasteiger partial charge in [0.1, 0.15) is 5.82 Å². The molecule has 1 saturated carbocycles. The summed E-state index contributed by atoms with van der Waals surface area (Å²) in [6.07, 6.45) is 8.09. The maximum Gasteiger partial charge on any atom is 0.128 e. The van der Waals surface area contributed by atoms with E-state index in [2.05, 4.69) is 4.90 Å². The Morgan fingerprint density at radius 1 is 1.05 bits per heavy atom. The highest BCUT2D eigenvalue weighted by atomic mass is 19.1. The Kier molecular flexibility index (Phi) is 4.08. The third kappa shape index (κ3) is 2.89. The summed E-state index contributed by atoms with van der Waals surface area (Å²) in [5.41, 5.74) is 7.92. The van der Waals surface area contributed by atoms with Gasteiger partial charge >= 0.3 is 0 Å². The van der Waals surface area contributed by atoms with E-state index in [0.29, 0.717) is 0 Å². The van der Waals surface area contributed by atoms with Crippen molar-refractivity contribution in [3.05, 3.63) is 35.1 Å². The first-order valence-electron chi connectivity index (χ1n) is 7.98. The molecule has 0 amide bonds. The highest BCUT2D eigenvalue weighted by Gasteiger charge is 2.31. The summed E-state index contributed by atoms with van der Waals surface area (Å²) in [6.45, 7) is 2.94. The predicted octanol–water partition coefficient (Wildman–Crippen LogP) is 3.54. The number of likely N-dealkylation sites (tertiary alicyclic amines) is 1. The maximum absolute atomic E-state index is 14.3. The molecular weight excluding hydrogens is 251 g/mol. The van der Waals surface area contributed by atoms with Crippen molar-refractivity contribution >= 4 is 0 Å². The molecule has 3 heteroatoms. The molecule has 1 saturated heterocycles. The molecule has 1 aromatic carbocycles. The van der Waals surface area contributed by atoms with E-state index in [-0.39, 0.29) is 11.4 Å². The van der Waals surface area contributed by atoms with E-state index < -0.39 is 0 Å². The highest BCUT2D eigenvalue weighted by Crippen LogP contribution is 2.36. The number of hydrogen-bond donors (Lipinski definition) is 1. The van der Waals surface area contributed by atoms with Crippen LogP contribution in [0.4, 0.5) is 4.39 Å². The molecule has 0 radical (unpaired) electrons. The molecule has 0 atom stereocenters. The molecule has 20 heavy (non-hydrogen) atoms. The number of benzene rings is 1. The van der Waals surface area contributed by atoms with E-state index >= 15 is 0 Å². The lowest BCUT2D eigenvalue weighted by Crippen LogP contribution is -2.33. The van der Waals surface area contributed by atoms with Gasteiger partial charge in [-0.1, -0.05) is 31.4 Å². The summed E-state index contributed by atoms with van der Waals surface area (Å²) < 4.78 is 14.3. The van der Waals surface area contributed by atoms with Crippen LogP contribution in [0.3, 0.4) is 0 Å².